The lowest BCUT2D eigenvalue weighted by atomic mass is 9.73. The Balaban J connectivity index is 2.34. The quantitative estimate of drug-likeness (QED) is 0.883. The van der Waals surface area contributed by atoms with Crippen molar-refractivity contribution >= 4 is 17.3 Å². The molecule has 0 unspecified atom stereocenters. The molecule has 16 heavy (non-hydrogen) atoms. The van der Waals surface area contributed by atoms with Crippen molar-refractivity contribution in [3.8, 4) is 5.19 Å². The van der Waals surface area contributed by atoms with Crippen LogP contribution in [0.15, 0.2) is 6.20 Å². The summed E-state index contributed by atoms with van der Waals surface area (Å²) < 4.78 is 5.02. The number of methoxy groups -OCH3 is 1. The Labute approximate surface area is 98.3 Å². The van der Waals surface area contributed by atoms with Crippen LogP contribution in [0.4, 0.5) is 0 Å². The third-order valence-electron chi connectivity index (χ3n) is 3.25. The van der Waals surface area contributed by atoms with E-state index in [2.05, 4.69) is 4.98 Å². The second-order valence-electron chi connectivity index (χ2n) is 4.14. The molecule has 4 nitrogen and oxygen atoms in total. The lowest BCUT2D eigenvalue weighted by Crippen LogP contribution is -2.37. The van der Waals surface area contributed by atoms with Crippen LogP contribution in [-0.2, 0) is 10.2 Å². The van der Waals surface area contributed by atoms with E-state index in [-0.39, 0.29) is 0 Å². The fourth-order valence-electron chi connectivity index (χ4n) is 2.29. The van der Waals surface area contributed by atoms with Crippen molar-refractivity contribution in [2.45, 2.75) is 37.5 Å². The smallest absolute Gasteiger partial charge is 0.315 e. The Bertz CT molecular complexity index is 382. The zero-order valence-electron chi connectivity index (χ0n) is 9.23. The molecule has 2 rings (SSSR count). The van der Waals surface area contributed by atoms with Crippen LogP contribution in [0, 0.1) is 0 Å². The summed E-state index contributed by atoms with van der Waals surface area (Å²) in [4.78, 5) is 16.4. The van der Waals surface area contributed by atoms with Crippen LogP contribution in [0.1, 0.15) is 37.0 Å². The van der Waals surface area contributed by atoms with Crippen LogP contribution in [0.5, 0.6) is 5.19 Å². The molecular formula is C11H15NO3S. The maximum atomic E-state index is 11.5. The van der Waals surface area contributed by atoms with Gasteiger partial charge in [0.1, 0.15) is 5.41 Å². The summed E-state index contributed by atoms with van der Waals surface area (Å²) in [6, 6.07) is 0. The first-order valence-corrected chi connectivity index (χ1v) is 6.24. The van der Waals surface area contributed by atoms with Crippen LogP contribution >= 0.6 is 11.3 Å². The van der Waals surface area contributed by atoms with Gasteiger partial charge in [0.05, 0.1) is 7.11 Å². The van der Waals surface area contributed by atoms with Crippen molar-refractivity contribution < 1.29 is 14.6 Å². The highest BCUT2D eigenvalue weighted by atomic mass is 32.1. The van der Waals surface area contributed by atoms with Gasteiger partial charge in [0.25, 0.3) is 5.19 Å². The summed E-state index contributed by atoms with van der Waals surface area (Å²) in [5.74, 6) is -0.724. The number of nitrogens with zero attached hydrogens (tertiary/aromatic N) is 1. The first kappa shape index (κ1) is 11.4. The van der Waals surface area contributed by atoms with Gasteiger partial charge < -0.3 is 9.84 Å². The molecule has 5 heteroatoms. The van der Waals surface area contributed by atoms with Crippen molar-refractivity contribution in [3.63, 3.8) is 0 Å². The number of carboxylic acids is 1. The van der Waals surface area contributed by atoms with Gasteiger partial charge in [-0.05, 0) is 12.8 Å². The third-order valence-corrected chi connectivity index (χ3v) is 4.41. The first-order valence-electron chi connectivity index (χ1n) is 5.43. The number of hydrogen-bond donors (Lipinski definition) is 1. The van der Waals surface area contributed by atoms with E-state index in [9.17, 15) is 9.90 Å². The molecule has 0 aromatic carbocycles. The minimum absolute atomic E-state index is 0.543. The van der Waals surface area contributed by atoms with Gasteiger partial charge >= 0.3 is 5.97 Å². The Morgan fingerprint density at radius 2 is 2.19 bits per heavy atom. The molecule has 1 aromatic heterocycles. The lowest BCUT2D eigenvalue weighted by molar-refractivity contribution is -0.145. The molecule has 1 saturated carbocycles. The van der Waals surface area contributed by atoms with Gasteiger partial charge in [0.15, 0.2) is 0 Å². The number of carbonyl (C=O) groups is 1. The van der Waals surface area contributed by atoms with E-state index in [1.165, 1.54) is 11.3 Å². The van der Waals surface area contributed by atoms with E-state index in [1.807, 2.05) is 0 Å². The molecule has 1 aliphatic carbocycles. The summed E-state index contributed by atoms with van der Waals surface area (Å²) in [6.07, 6.45) is 6.17. The van der Waals surface area contributed by atoms with Gasteiger partial charge in [-0.25, -0.2) is 4.98 Å². The summed E-state index contributed by atoms with van der Waals surface area (Å²) in [6.45, 7) is 0. The van der Waals surface area contributed by atoms with Crippen molar-refractivity contribution in [1.82, 2.24) is 4.98 Å². The van der Waals surface area contributed by atoms with E-state index >= 15 is 0 Å². The van der Waals surface area contributed by atoms with E-state index in [0.717, 1.165) is 24.1 Å². The van der Waals surface area contributed by atoms with E-state index in [1.54, 1.807) is 13.3 Å². The zero-order valence-corrected chi connectivity index (χ0v) is 10.0. The topological polar surface area (TPSA) is 59.4 Å². The minimum Gasteiger partial charge on any atom is -0.481 e. The van der Waals surface area contributed by atoms with Crippen LogP contribution in [0.3, 0.4) is 0 Å². The van der Waals surface area contributed by atoms with E-state index in [0.29, 0.717) is 18.0 Å². The van der Waals surface area contributed by atoms with Gasteiger partial charge in [-0.1, -0.05) is 30.6 Å². The highest BCUT2D eigenvalue weighted by Crippen LogP contribution is 2.43. The highest BCUT2D eigenvalue weighted by molar-refractivity contribution is 7.13. The minimum atomic E-state index is -0.724. The van der Waals surface area contributed by atoms with Gasteiger partial charge in [-0.15, -0.1) is 0 Å². The summed E-state index contributed by atoms with van der Waals surface area (Å²) in [7, 11) is 1.55. The maximum Gasteiger partial charge on any atom is 0.315 e. The number of hydrogen-bond acceptors (Lipinski definition) is 4. The molecule has 0 amide bonds. The Kier molecular flexibility index (Phi) is 3.14. The normalized spacial score (nSPS) is 19.3. The van der Waals surface area contributed by atoms with Crippen LogP contribution in [-0.4, -0.2) is 23.2 Å². The van der Waals surface area contributed by atoms with Crippen molar-refractivity contribution in [3.05, 3.63) is 11.1 Å². The lowest BCUT2D eigenvalue weighted by Gasteiger charge is -2.31. The molecule has 1 aliphatic rings. The maximum absolute atomic E-state index is 11.5. The molecule has 0 atom stereocenters. The largest absolute Gasteiger partial charge is 0.481 e. The predicted octanol–water partition coefficient (Wildman–Crippen LogP) is 2.44. The molecule has 0 aliphatic heterocycles. The summed E-state index contributed by atoms with van der Waals surface area (Å²) >= 11 is 1.35. The second kappa shape index (κ2) is 4.41. The molecule has 0 bridgehead atoms. The second-order valence-corrected chi connectivity index (χ2v) is 5.14. The summed E-state index contributed by atoms with van der Waals surface area (Å²) in [5.41, 5.74) is -0.716. The number of aliphatic carboxylic acids is 1. The number of carboxylic acid groups (broad SMARTS) is 1. The standard InChI is InChI=1S/C11H15NO3S/c1-15-10-12-7-8(16-10)11(9(13)14)5-3-2-4-6-11/h7H,2-6H2,1H3,(H,13,14). The van der Waals surface area contributed by atoms with E-state index in [4.69, 9.17) is 4.74 Å². The molecule has 1 N–H and O–H groups in total. The average Bonchev–Trinajstić information content (AvgIpc) is 2.78. The van der Waals surface area contributed by atoms with Gasteiger partial charge in [-0.3, -0.25) is 4.79 Å². The van der Waals surface area contributed by atoms with Crippen LogP contribution in [0.25, 0.3) is 0 Å². The molecule has 0 saturated heterocycles. The van der Waals surface area contributed by atoms with Gasteiger partial charge in [0.2, 0.25) is 0 Å². The molecular weight excluding hydrogens is 226 g/mol. The number of aromatic nitrogens is 1. The zero-order chi connectivity index (χ0) is 11.6. The summed E-state index contributed by atoms with van der Waals surface area (Å²) in [5, 5.41) is 10.0. The Morgan fingerprint density at radius 1 is 1.50 bits per heavy atom. The molecule has 0 radical (unpaired) electrons. The number of rotatable bonds is 3. The Morgan fingerprint density at radius 3 is 2.69 bits per heavy atom. The predicted molar refractivity (Wildman–Crippen MR) is 61.1 cm³/mol. The van der Waals surface area contributed by atoms with Crippen LogP contribution < -0.4 is 4.74 Å². The number of thiazole rings is 1. The molecule has 1 fully saturated rings. The number of ether oxygens (including phenoxy) is 1. The molecule has 1 heterocycles. The average molecular weight is 241 g/mol. The molecule has 0 spiro atoms. The third kappa shape index (κ3) is 1.80. The highest BCUT2D eigenvalue weighted by Gasteiger charge is 2.43. The molecule has 88 valence electrons. The van der Waals surface area contributed by atoms with Crippen molar-refractivity contribution in [2.24, 2.45) is 0 Å². The van der Waals surface area contributed by atoms with Crippen LogP contribution in [0.2, 0.25) is 0 Å². The van der Waals surface area contributed by atoms with E-state index < -0.39 is 11.4 Å². The SMILES string of the molecule is COc1ncc(C2(C(=O)O)CCCCC2)s1. The van der Waals surface area contributed by atoms with Gasteiger partial charge in [-0.2, -0.15) is 0 Å². The van der Waals surface area contributed by atoms with Crippen molar-refractivity contribution in [2.75, 3.05) is 7.11 Å². The van der Waals surface area contributed by atoms with Crippen molar-refractivity contribution in [1.29, 1.82) is 0 Å². The first-order chi connectivity index (χ1) is 7.69. The Hall–Kier alpha value is -1.10. The fourth-order valence-corrected chi connectivity index (χ4v) is 3.26. The molecule has 1 aromatic rings. The fraction of sp³-hybridized carbons (Fsp3) is 0.636. The van der Waals surface area contributed by atoms with Gasteiger partial charge in [0, 0.05) is 11.1 Å². The monoisotopic (exact) mass is 241 g/mol.